The maximum atomic E-state index is 15.1. The number of hydrogen-bond acceptors (Lipinski definition) is 16. The molecule has 106 heavy (non-hydrogen) atoms. The van der Waals surface area contributed by atoms with Crippen molar-refractivity contribution in [1.29, 1.82) is 0 Å². The van der Waals surface area contributed by atoms with Crippen LogP contribution >= 0.6 is 0 Å². The molecule has 1 aliphatic rings. The summed E-state index contributed by atoms with van der Waals surface area (Å²) in [5.41, 5.74) is 1.20. The Morgan fingerprint density at radius 1 is 0.509 bits per heavy atom. The van der Waals surface area contributed by atoms with Gasteiger partial charge >= 0.3 is 0 Å². The number of nitrogens with zero attached hydrogens (tertiary/aromatic N) is 7. The van der Waals surface area contributed by atoms with E-state index in [1.54, 1.807) is 87.0 Å². The average Bonchev–Trinajstić information content (AvgIpc) is 0.805. The van der Waals surface area contributed by atoms with Gasteiger partial charge in [0.05, 0.1) is 32.3 Å². The first-order chi connectivity index (χ1) is 49.4. The number of allylic oxidation sites excluding steroid dienone is 2. The molecular weight excluding hydrogens is 1360 g/mol. The Balaban J connectivity index is 0.00000117. The Labute approximate surface area is 628 Å². The molecule has 12 atom stereocenters. The Morgan fingerprint density at radius 2 is 0.991 bits per heavy atom. The molecule has 27 heteroatoms. The molecule has 3 aromatic rings. The van der Waals surface area contributed by atoms with Gasteiger partial charge in [0, 0.05) is 67.0 Å². The molecule has 27 nitrogen and oxygen atoms in total. The fourth-order valence-corrected chi connectivity index (χ4v) is 12.9. The summed E-state index contributed by atoms with van der Waals surface area (Å²) in [7, 11) is 13.1. The van der Waals surface area contributed by atoms with E-state index in [2.05, 4.69) is 21.3 Å². The van der Waals surface area contributed by atoms with E-state index in [0.717, 1.165) is 15.4 Å². The highest BCUT2D eigenvalue weighted by Gasteiger charge is 2.46. The van der Waals surface area contributed by atoms with E-state index in [1.807, 2.05) is 85.7 Å². The zero-order valence-electron chi connectivity index (χ0n) is 67.8. The lowest BCUT2D eigenvalue weighted by Gasteiger charge is -2.41. The zero-order chi connectivity index (χ0) is 80.8. The van der Waals surface area contributed by atoms with Crippen LogP contribution in [-0.4, -0.2) is 241 Å². The number of carbonyl (C=O) groups is 11. The van der Waals surface area contributed by atoms with Crippen molar-refractivity contribution in [2.75, 3.05) is 70.1 Å². The number of carbonyl (C=O) groups excluding carboxylic acids is 11. The normalized spacial score (nSPS) is 23.7. The van der Waals surface area contributed by atoms with Crippen LogP contribution in [0.3, 0.4) is 0 Å². The van der Waals surface area contributed by atoms with Crippen LogP contribution in [0.1, 0.15) is 156 Å². The molecule has 1 aliphatic heterocycles. The van der Waals surface area contributed by atoms with Gasteiger partial charge in [0.25, 0.3) is 0 Å². The molecule has 11 amide bonds. The predicted molar refractivity (Wildman–Crippen MR) is 409 cm³/mol. The van der Waals surface area contributed by atoms with Gasteiger partial charge in [-0.25, -0.2) is 0 Å². The summed E-state index contributed by atoms with van der Waals surface area (Å²) in [6, 6.07) is 1.70. The summed E-state index contributed by atoms with van der Waals surface area (Å²) in [6.07, 6.45) is 3.04. The molecule has 1 fully saturated rings. The highest BCUT2D eigenvalue weighted by molar-refractivity contribution is 6.00. The van der Waals surface area contributed by atoms with Crippen LogP contribution in [0.25, 0.3) is 22.3 Å². The van der Waals surface area contributed by atoms with Crippen molar-refractivity contribution in [2.45, 2.75) is 223 Å². The van der Waals surface area contributed by atoms with E-state index >= 15 is 9.59 Å². The van der Waals surface area contributed by atoms with E-state index in [1.165, 1.54) is 93.7 Å². The number of rotatable bonds is 18. The summed E-state index contributed by atoms with van der Waals surface area (Å²) in [5.74, 6) is -7.85. The Kier molecular flexibility index (Phi) is 36.1. The summed E-state index contributed by atoms with van der Waals surface area (Å²) in [5, 5.41) is 23.6. The third-order valence-electron chi connectivity index (χ3n) is 19.4. The molecule has 0 bridgehead atoms. The van der Waals surface area contributed by atoms with E-state index in [9.17, 15) is 53.1 Å². The second-order valence-corrected chi connectivity index (χ2v) is 30.7. The van der Waals surface area contributed by atoms with Crippen molar-refractivity contribution >= 4 is 75.9 Å². The molecular formula is C79H125N11O16. The fourth-order valence-electron chi connectivity index (χ4n) is 12.9. The van der Waals surface area contributed by atoms with Crippen LogP contribution < -0.4 is 36.2 Å². The first-order valence-corrected chi connectivity index (χ1v) is 37.0. The van der Waals surface area contributed by atoms with Crippen LogP contribution in [-0.2, 0) is 52.7 Å². The monoisotopic (exact) mass is 1480 g/mol. The predicted octanol–water partition coefficient (Wildman–Crippen LogP) is 6.75. The second-order valence-electron chi connectivity index (χ2n) is 30.7. The molecule has 0 aliphatic carbocycles. The van der Waals surface area contributed by atoms with Crippen molar-refractivity contribution in [2.24, 2.45) is 41.4 Å². The molecule has 4 rings (SSSR count). The van der Waals surface area contributed by atoms with Gasteiger partial charge in [0.1, 0.15) is 83.3 Å². The van der Waals surface area contributed by atoms with Crippen LogP contribution in [0.15, 0.2) is 69.9 Å². The highest BCUT2D eigenvalue weighted by atomic mass is 16.5. The summed E-state index contributed by atoms with van der Waals surface area (Å²) in [6.45, 7) is 29.3. The van der Waals surface area contributed by atoms with Crippen molar-refractivity contribution in [1.82, 2.24) is 55.6 Å². The minimum Gasteiger partial charge on any atom is -0.497 e. The largest absolute Gasteiger partial charge is 0.497 e. The summed E-state index contributed by atoms with van der Waals surface area (Å²) in [4.78, 5) is 181. The van der Waals surface area contributed by atoms with Gasteiger partial charge in [-0.1, -0.05) is 121 Å². The number of aliphatic hydroxyl groups is 1. The first kappa shape index (κ1) is 91.3. The van der Waals surface area contributed by atoms with Gasteiger partial charge < -0.3 is 74.6 Å². The number of benzene rings is 2. The minimum absolute atomic E-state index is 0.0229. The molecule has 0 radical (unpaired) electrons. The van der Waals surface area contributed by atoms with E-state index in [-0.39, 0.29) is 61.2 Å². The Morgan fingerprint density at radius 3 is 1.50 bits per heavy atom. The van der Waals surface area contributed by atoms with E-state index < -0.39 is 156 Å². The molecule has 592 valence electrons. The molecule has 0 spiro atoms. The molecule has 12 unspecified atom stereocenters. The molecule has 5 N–H and O–H groups in total. The Hall–Kier alpha value is -8.88. The quantitative estimate of drug-likeness (QED) is 0.0823. The average molecular weight is 1480 g/mol. The van der Waals surface area contributed by atoms with Gasteiger partial charge in [-0.3, -0.25) is 57.5 Å². The van der Waals surface area contributed by atoms with Crippen molar-refractivity contribution < 1.29 is 71.7 Å². The lowest BCUT2D eigenvalue weighted by atomic mass is 9.91. The summed E-state index contributed by atoms with van der Waals surface area (Å²) >= 11 is 0. The van der Waals surface area contributed by atoms with E-state index in [4.69, 9.17) is 13.9 Å². The van der Waals surface area contributed by atoms with Gasteiger partial charge in [0.15, 0.2) is 5.43 Å². The summed E-state index contributed by atoms with van der Waals surface area (Å²) < 4.78 is 16.2. The number of ether oxygens (including phenoxy) is 2. The lowest BCUT2D eigenvalue weighted by Crippen LogP contribution is -2.63. The minimum atomic E-state index is -1.61. The van der Waals surface area contributed by atoms with Gasteiger partial charge in [-0.2, -0.15) is 0 Å². The highest BCUT2D eigenvalue weighted by Crippen LogP contribution is 2.29. The molecule has 1 aromatic heterocycles. The number of likely N-dealkylation sites (N-methyl/N-ethyl adjacent to an activating group) is 7. The van der Waals surface area contributed by atoms with Crippen LogP contribution in [0.5, 0.6) is 11.5 Å². The standard InChI is InChI=1S/C62H111N11O12.C17H14O4/c1-25-27-28-40(15)52(75)51-56(79)65-43(26-2)58(81)67(18)33-48(74)68(19)44(29-34(3)4)55(78)66-49(38(11)12)61(84)69(20)45(30-35(5)6)54(77)63-41(16)53(76)64-42(17)57(80)70(21)46(31-36(7)8)59(82)71(22)47(32-37(9)10)60(83)72(23)50(39(13)14)62(85)73(51)24;1-19-12-5-3-4-11(8-12)16-10-15(18)14-7-6-13(20-2)9-17(14)21-16/h25,27,34-47,49-52,75H,26,28-33H2,1-24H3,(H,63,77)(H,64,76)(H,65,79)(H,66,78);3-10H,1-2H3. The number of methoxy groups -OCH3 is 2. The van der Waals surface area contributed by atoms with E-state index in [0.29, 0.717) is 34.6 Å². The maximum Gasteiger partial charge on any atom is 0.246 e. The number of fused-ring (bicyclic) bond motifs is 1. The lowest BCUT2D eigenvalue weighted by molar-refractivity contribution is -0.157. The van der Waals surface area contributed by atoms with Crippen LogP contribution in [0.4, 0.5) is 0 Å². The SMILES string of the molecule is CC=CCC(C)C(O)C1C(=O)NC(CC)C(=O)N(C)CC(=O)N(C)C(CC(C)C)C(=O)NC(C(C)C)C(=O)N(C)C(CC(C)C)C(=O)NC(C)C(=O)NC(C)C(=O)N(C)C(CC(C)C)C(=O)N(C)C(CC(C)C)C(=O)N(C)C(C(C)C)C(=O)N1C.COc1cccc(-c2cc(=O)c3ccc(OC)cc3o2)c1. The third kappa shape index (κ3) is 24.9. The zero-order valence-corrected chi connectivity index (χ0v) is 67.8. The maximum absolute atomic E-state index is 15.1. The topological polar surface area (TPSA) is 327 Å². The van der Waals surface area contributed by atoms with Crippen molar-refractivity contribution in [3.05, 3.63) is 70.9 Å². The van der Waals surface area contributed by atoms with Crippen LogP contribution in [0.2, 0.25) is 0 Å². The number of aliphatic hydroxyl groups excluding tert-OH is 1. The van der Waals surface area contributed by atoms with Gasteiger partial charge in [0.2, 0.25) is 65.0 Å². The number of nitrogens with one attached hydrogen (secondary N) is 4. The molecule has 0 saturated carbocycles. The molecule has 1 saturated heterocycles. The fraction of sp³-hybridized carbons (Fsp3) is 0.646. The van der Waals surface area contributed by atoms with Crippen molar-refractivity contribution in [3.8, 4) is 22.8 Å². The number of hydrogen-bond donors (Lipinski definition) is 5. The molecule has 2 aromatic carbocycles. The smallest absolute Gasteiger partial charge is 0.246 e. The van der Waals surface area contributed by atoms with Crippen molar-refractivity contribution in [3.63, 3.8) is 0 Å². The molecule has 2 heterocycles. The van der Waals surface area contributed by atoms with Gasteiger partial charge in [-0.05, 0) is 125 Å². The third-order valence-corrected chi connectivity index (χ3v) is 19.4. The Bertz CT molecular complexity index is 3590. The first-order valence-electron chi connectivity index (χ1n) is 37.0. The van der Waals surface area contributed by atoms with Crippen LogP contribution in [0, 0.1) is 41.4 Å². The van der Waals surface area contributed by atoms with Gasteiger partial charge in [-0.15, -0.1) is 0 Å². The second kappa shape index (κ2) is 41.9. The number of amides is 11.